The molecule has 0 aliphatic carbocycles. The zero-order chi connectivity index (χ0) is 18.4. The van der Waals surface area contributed by atoms with E-state index >= 15 is 0 Å². The van der Waals surface area contributed by atoms with Crippen LogP contribution in [0.15, 0.2) is 48.7 Å². The lowest BCUT2D eigenvalue weighted by atomic mass is 9.88. The molecule has 0 bridgehead atoms. The van der Waals surface area contributed by atoms with Gasteiger partial charge in [0.1, 0.15) is 12.2 Å². The number of aromatic nitrogens is 1. The molecule has 1 heterocycles. The van der Waals surface area contributed by atoms with Gasteiger partial charge in [0.25, 0.3) is 5.91 Å². The van der Waals surface area contributed by atoms with Crippen LogP contribution in [-0.2, 0) is 16.6 Å². The first-order chi connectivity index (χ1) is 11.8. The van der Waals surface area contributed by atoms with E-state index in [1.54, 1.807) is 12.3 Å². The third kappa shape index (κ3) is 5.41. The third-order valence-corrected chi connectivity index (χ3v) is 3.98. The third-order valence-electron chi connectivity index (χ3n) is 3.98. The van der Waals surface area contributed by atoms with Gasteiger partial charge in [0.15, 0.2) is 0 Å². The summed E-state index contributed by atoms with van der Waals surface area (Å²) in [5, 5.41) is 9.11. The maximum absolute atomic E-state index is 12.7. The molecule has 1 N–H and O–H groups in total. The summed E-state index contributed by atoms with van der Waals surface area (Å²) in [6, 6.07) is 13.2. The maximum atomic E-state index is 12.7. The Bertz CT molecular complexity index is 719. The van der Waals surface area contributed by atoms with Gasteiger partial charge in [-0.1, -0.05) is 57.2 Å². The summed E-state index contributed by atoms with van der Waals surface area (Å²) in [6.07, 6.45) is 2.28. The Kier molecular flexibility index (Phi) is 5.91. The lowest BCUT2D eigenvalue weighted by Gasteiger charge is -2.22. The fraction of sp³-hybridized carbons (Fsp3) is 0.350. The van der Waals surface area contributed by atoms with Gasteiger partial charge in [-0.25, -0.2) is 0 Å². The molecule has 2 rings (SSSR count). The van der Waals surface area contributed by atoms with Gasteiger partial charge in [0, 0.05) is 12.7 Å². The van der Waals surface area contributed by atoms with Crippen molar-refractivity contribution in [1.29, 1.82) is 0 Å². The Morgan fingerprint density at radius 2 is 1.76 bits per heavy atom. The molecule has 1 amide bonds. The van der Waals surface area contributed by atoms with Crippen LogP contribution in [0.3, 0.4) is 0 Å². The molecule has 132 valence electrons. The van der Waals surface area contributed by atoms with E-state index in [4.69, 9.17) is 5.11 Å². The van der Waals surface area contributed by atoms with Crippen molar-refractivity contribution >= 4 is 11.9 Å². The van der Waals surface area contributed by atoms with Gasteiger partial charge in [-0.15, -0.1) is 0 Å². The van der Waals surface area contributed by atoms with E-state index in [9.17, 15) is 9.59 Å². The summed E-state index contributed by atoms with van der Waals surface area (Å²) in [4.78, 5) is 29.4. The maximum Gasteiger partial charge on any atom is 0.323 e. The average Bonchev–Trinajstić information content (AvgIpc) is 2.58. The summed E-state index contributed by atoms with van der Waals surface area (Å²) in [5.41, 5.74) is 2.30. The number of carbonyl (C=O) groups is 2. The topological polar surface area (TPSA) is 70.5 Å². The van der Waals surface area contributed by atoms with E-state index in [0.717, 1.165) is 11.1 Å². The molecule has 0 saturated heterocycles. The molecule has 0 fully saturated rings. The molecule has 1 aromatic carbocycles. The van der Waals surface area contributed by atoms with E-state index < -0.39 is 5.97 Å². The molecular formula is C20H24N2O3. The van der Waals surface area contributed by atoms with Crippen molar-refractivity contribution < 1.29 is 14.7 Å². The van der Waals surface area contributed by atoms with E-state index in [-0.39, 0.29) is 23.6 Å². The molecule has 25 heavy (non-hydrogen) atoms. The number of pyridine rings is 1. The minimum atomic E-state index is -1.03. The first-order valence-electron chi connectivity index (χ1n) is 8.29. The normalized spacial score (nSPS) is 11.2. The zero-order valence-electron chi connectivity index (χ0n) is 14.9. The summed E-state index contributed by atoms with van der Waals surface area (Å²) < 4.78 is 0. The fourth-order valence-corrected chi connectivity index (χ4v) is 2.45. The van der Waals surface area contributed by atoms with Gasteiger partial charge in [-0.2, -0.15) is 0 Å². The van der Waals surface area contributed by atoms with Gasteiger partial charge in [-0.3, -0.25) is 14.6 Å². The standard InChI is InChI=1S/C20H24N2O3/c1-20(2,3)16-9-10-17(21-13-16)19(25)22(14-18(23)24)12-11-15-7-5-4-6-8-15/h4-10,13H,11-12,14H2,1-3H3,(H,23,24). The molecule has 2 aromatic rings. The molecule has 0 radical (unpaired) electrons. The van der Waals surface area contributed by atoms with Crippen molar-refractivity contribution in [2.75, 3.05) is 13.1 Å². The highest BCUT2D eigenvalue weighted by Crippen LogP contribution is 2.21. The molecular weight excluding hydrogens is 316 g/mol. The van der Waals surface area contributed by atoms with Crippen molar-refractivity contribution in [3.05, 3.63) is 65.5 Å². The Morgan fingerprint density at radius 3 is 2.28 bits per heavy atom. The summed E-state index contributed by atoms with van der Waals surface area (Å²) in [5.74, 6) is -1.40. The Hall–Kier alpha value is -2.69. The number of hydrogen-bond donors (Lipinski definition) is 1. The summed E-state index contributed by atoms with van der Waals surface area (Å²) in [6.45, 7) is 6.21. The van der Waals surface area contributed by atoms with Crippen LogP contribution in [-0.4, -0.2) is 40.0 Å². The predicted octanol–water partition coefficient (Wildman–Crippen LogP) is 3.15. The van der Waals surface area contributed by atoms with E-state index in [2.05, 4.69) is 25.8 Å². The minimum absolute atomic E-state index is 0.0529. The SMILES string of the molecule is CC(C)(C)c1ccc(C(=O)N(CCc2ccccc2)CC(=O)O)nc1. The van der Waals surface area contributed by atoms with Crippen molar-refractivity contribution in [3.63, 3.8) is 0 Å². The zero-order valence-corrected chi connectivity index (χ0v) is 14.9. The second kappa shape index (κ2) is 7.92. The van der Waals surface area contributed by atoms with Gasteiger partial charge < -0.3 is 10.0 Å². The van der Waals surface area contributed by atoms with Crippen molar-refractivity contribution in [2.45, 2.75) is 32.6 Å². The first kappa shape index (κ1) is 18.6. The summed E-state index contributed by atoms with van der Waals surface area (Å²) in [7, 11) is 0. The predicted molar refractivity (Wildman–Crippen MR) is 96.6 cm³/mol. The minimum Gasteiger partial charge on any atom is -0.480 e. The molecule has 0 unspecified atom stereocenters. The molecule has 0 aliphatic heterocycles. The lowest BCUT2D eigenvalue weighted by Crippen LogP contribution is -2.37. The van der Waals surface area contributed by atoms with Crippen LogP contribution in [0.4, 0.5) is 0 Å². The second-order valence-corrected chi connectivity index (χ2v) is 7.04. The van der Waals surface area contributed by atoms with Crippen LogP contribution >= 0.6 is 0 Å². The first-order valence-corrected chi connectivity index (χ1v) is 8.29. The number of benzene rings is 1. The van der Waals surface area contributed by atoms with Crippen molar-refractivity contribution in [3.8, 4) is 0 Å². The van der Waals surface area contributed by atoms with Crippen molar-refractivity contribution in [2.24, 2.45) is 0 Å². The summed E-state index contributed by atoms with van der Waals surface area (Å²) >= 11 is 0. The largest absolute Gasteiger partial charge is 0.480 e. The Balaban J connectivity index is 2.13. The van der Waals surface area contributed by atoms with Crippen LogP contribution < -0.4 is 0 Å². The number of aliphatic carboxylic acids is 1. The lowest BCUT2D eigenvalue weighted by molar-refractivity contribution is -0.137. The number of nitrogens with zero attached hydrogens (tertiary/aromatic N) is 2. The number of hydrogen-bond acceptors (Lipinski definition) is 3. The Morgan fingerprint density at radius 1 is 1.08 bits per heavy atom. The van der Waals surface area contributed by atoms with Gasteiger partial charge in [-0.05, 0) is 29.0 Å². The second-order valence-electron chi connectivity index (χ2n) is 7.04. The van der Waals surface area contributed by atoms with Crippen LogP contribution in [0.5, 0.6) is 0 Å². The highest BCUT2D eigenvalue weighted by molar-refractivity contribution is 5.94. The van der Waals surface area contributed by atoms with E-state index in [1.165, 1.54) is 4.90 Å². The Labute approximate surface area is 148 Å². The molecule has 1 aromatic heterocycles. The molecule has 0 aliphatic rings. The molecule has 5 heteroatoms. The van der Waals surface area contributed by atoms with Gasteiger partial charge in [0.2, 0.25) is 0 Å². The number of carboxylic acids is 1. The number of rotatable bonds is 6. The van der Waals surface area contributed by atoms with E-state index in [1.807, 2.05) is 36.4 Å². The van der Waals surface area contributed by atoms with Gasteiger partial charge in [0.05, 0.1) is 0 Å². The van der Waals surface area contributed by atoms with Crippen LogP contribution in [0.2, 0.25) is 0 Å². The number of carboxylic acid groups (broad SMARTS) is 1. The number of amides is 1. The highest BCUT2D eigenvalue weighted by atomic mass is 16.4. The van der Waals surface area contributed by atoms with Gasteiger partial charge >= 0.3 is 5.97 Å². The fourth-order valence-electron chi connectivity index (χ4n) is 2.45. The smallest absolute Gasteiger partial charge is 0.323 e. The van der Waals surface area contributed by atoms with Crippen LogP contribution in [0.1, 0.15) is 42.4 Å². The molecule has 0 atom stereocenters. The van der Waals surface area contributed by atoms with Crippen LogP contribution in [0.25, 0.3) is 0 Å². The highest BCUT2D eigenvalue weighted by Gasteiger charge is 2.21. The molecule has 5 nitrogen and oxygen atoms in total. The molecule has 0 spiro atoms. The quantitative estimate of drug-likeness (QED) is 0.877. The van der Waals surface area contributed by atoms with Crippen LogP contribution in [0, 0.1) is 0 Å². The molecule has 0 saturated carbocycles. The van der Waals surface area contributed by atoms with E-state index in [0.29, 0.717) is 13.0 Å². The monoisotopic (exact) mass is 340 g/mol. The van der Waals surface area contributed by atoms with Crippen molar-refractivity contribution in [1.82, 2.24) is 9.88 Å². The average molecular weight is 340 g/mol. The number of carbonyl (C=O) groups excluding carboxylic acids is 1.